The van der Waals surface area contributed by atoms with Crippen LogP contribution in [0.4, 0.5) is 10.5 Å². The molecule has 3 aromatic rings. The van der Waals surface area contributed by atoms with Crippen molar-refractivity contribution in [3.63, 3.8) is 0 Å². The van der Waals surface area contributed by atoms with Gasteiger partial charge < -0.3 is 15.2 Å². The second-order valence-corrected chi connectivity index (χ2v) is 6.80. The van der Waals surface area contributed by atoms with Gasteiger partial charge >= 0.3 is 6.03 Å². The third-order valence-corrected chi connectivity index (χ3v) is 4.41. The van der Waals surface area contributed by atoms with Crippen molar-refractivity contribution < 1.29 is 4.79 Å². The maximum Gasteiger partial charge on any atom is 0.322 e. The number of carbonyl (C=O) groups excluding carboxylic acids is 1. The van der Waals surface area contributed by atoms with Crippen molar-refractivity contribution in [3.8, 4) is 0 Å². The Balaban J connectivity index is 1.88. The fourth-order valence-corrected chi connectivity index (χ4v) is 2.93. The predicted octanol–water partition coefficient (Wildman–Crippen LogP) is 4.62. The van der Waals surface area contributed by atoms with E-state index in [-0.39, 0.29) is 17.6 Å². The molecule has 0 aliphatic heterocycles. The summed E-state index contributed by atoms with van der Waals surface area (Å²) in [5.41, 5.74) is 2.06. The van der Waals surface area contributed by atoms with Gasteiger partial charge in [-0.15, -0.1) is 0 Å². The first-order valence-corrected chi connectivity index (χ1v) is 8.76. The Hall–Kier alpha value is -2.79. The van der Waals surface area contributed by atoms with Crippen LogP contribution in [0.5, 0.6) is 0 Å². The molecule has 0 unspecified atom stereocenters. The molecule has 5 nitrogen and oxygen atoms in total. The van der Waals surface area contributed by atoms with Gasteiger partial charge in [0, 0.05) is 40.3 Å². The van der Waals surface area contributed by atoms with Crippen LogP contribution in [-0.4, -0.2) is 22.0 Å². The van der Waals surface area contributed by atoms with E-state index in [1.807, 2.05) is 38.1 Å². The Labute approximate surface area is 156 Å². The number of halogens is 1. The highest BCUT2D eigenvalue weighted by molar-refractivity contribution is 6.30. The zero-order valence-corrected chi connectivity index (χ0v) is 15.4. The molecule has 2 aromatic carbocycles. The number of aromatic amines is 1. The zero-order chi connectivity index (χ0) is 18.7. The second-order valence-electron chi connectivity index (χ2n) is 6.36. The molecular formula is C20H20ClN3O2. The smallest absolute Gasteiger partial charge is 0.322 e. The number of fused-ring (bicyclic) bond motifs is 1. The Kier molecular flexibility index (Phi) is 5.28. The molecule has 2 amide bonds. The number of aromatic nitrogens is 1. The minimum Gasteiger partial charge on any atom is -0.322 e. The van der Waals surface area contributed by atoms with E-state index in [2.05, 4.69) is 10.3 Å². The molecule has 1 aromatic heterocycles. The number of hydrogen-bond acceptors (Lipinski definition) is 2. The van der Waals surface area contributed by atoms with E-state index < -0.39 is 0 Å². The molecule has 0 aliphatic carbocycles. The highest BCUT2D eigenvalue weighted by atomic mass is 35.5. The van der Waals surface area contributed by atoms with Crippen LogP contribution in [0.3, 0.4) is 0 Å². The van der Waals surface area contributed by atoms with Gasteiger partial charge in [0.15, 0.2) is 0 Å². The number of anilines is 1. The SMILES string of the molecule is CC(C)N(Cc1cc(=O)[nH]c2ccccc12)C(=O)Nc1ccc(Cl)cc1. The average molecular weight is 370 g/mol. The molecule has 0 fully saturated rings. The Bertz CT molecular complexity index is 980. The van der Waals surface area contributed by atoms with Gasteiger partial charge in [0.1, 0.15) is 0 Å². The van der Waals surface area contributed by atoms with Gasteiger partial charge in [-0.05, 0) is 49.7 Å². The van der Waals surface area contributed by atoms with Gasteiger partial charge in [-0.3, -0.25) is 4.79 Å². The molecule has 0 atom stereocenters. The first-order valence-electron chi connectivity index (χ1n) is 8.38. The highest BCUT2D eigenvalue weighted by Gasteiger charge is 2.19. The first-order chi connectivity index (χ1) is 12.4. The Morgan fingerprint density at radius 3 is 2.54 bits per heavy atom. The minimum atomic E-state index is -0.230. The number of rotatable bonds is 4. The summed E-state index contributed by atoms with van der Waals surface area (Å²) in [7, 11) is 0. The van der Waals surface area contributed by atoms with Crippen molar-refractivity contribution in [2.45, 2.75) is 26.4 Å². The number of urea groups is 1. The largest absolute Gasteiger partial charge is 0.322 e. The molecular weight excluding hydrogens is 350 g/mol. The number of nitrogens with one attached hydrogen (secondary N) is 2. The van der Waals surface area contributed by atoms with Crippen LogP contribution < -0.4 is 10.9 Å². The standard InChI is InChI=1S/C20H20ClN3O2/c1-13(2)24(20(26)22-16-9-7-15(21)8-10-16)12-14-11-19(25)23-18-6-4-3-5-17(14)18/h3-11,13H,12H2,1-2H3,(H,22,26)(H,23,25). The van der Waals surface area contributed by atoms with Crippen molar-refractivity contribution in [3.05, 3.63) is 75.5 Å². The van der Waals surface area contributed by atoms with Crippen LogP contribution in [0, 0.1) is 0 Å². The van der Waals surface area contributed by atoms with Crippen LogP contribution in [-0.2, 0) is 6.54 Å². The molecule has 0 saturated carbocycles. The van der Waals surface area contributed by atoms with Crippen LogP contribution in [0.2, 0.25) is 5.02 Å². The lowest BCUT2D eigenvalue weighted by molar-refractivity contribution is 0.194. The third-order valence-electron chi connectivity index (χ3n) is 4.16. The van der Waals surface area contributed by atoms with Crippen LogP contribution >= 0.6 is 11.6 Å². The number of hydrogen-bond donors (Lipinski definition) is 2. The Morgan fingerprint density at radius 2 is 1.85 bits per heavy atom. The second kappa shape index (κ2) is 7.62. The van der Waals surface area contributed by atoms with Gasteiger partial charge in [-0.2, -0.15) is 0 Å². The van der Waals surface area contributed by atoms with Gasteiger partial charge in [-0.1, -0.05) is 29.8 Å². The zero-order valence-electron chi connectivity index (χ0n) is 14.6. The summed E-state index contributed by atoms with van der Waals surface area (Å²) >= 11 is 5.88. The molecule has 0 spiro atoms. The van der Waals surface area contributed by atoms with Crippen molar-refractivity contribution >= 4 is 34.2 Å². The lowest BCUT2D eigenvalue weighted by Crippen LogP contribution is -2.39. The van der Waals surface area contributed by atoms with E-state index in [9.17, 15) is 9.59 Å². The first kappa shape index (κ1) is 18.0. The van der Waals surface area contributed by atoms with Gasteiger partial charge in [-0.25, -0.2) is 4.79 Å². The fourth-order valence-electron chi connectivity index (χ4n) is 2.81. The van der Waals surface area contributed by atoms with Crippen LogP contribution in [0.25, 0.3) is 10.9 Å². The number of benzene rings is 2. The quantitative estimate of drug-likeness (QED) is 0.704. The summed E-state index contributed by atoms with van der Waals surface area (Å²) in [6.45, 7) is 4.22. The van der Waals surface area contributed by atoms with Crippen molar-refractivity contribution in [1.82, 2.24) is 9.88 Å². The summed E-state index contributed by atoms with van der Waals surface area (Å²) in [6, 6.07) is 15.8. The average Bonchev–Trinajstić information content (AvgIpc) is 2.61. The fraction of sp³-hybridized carbons (Fsp3) is 0.200. The molecule has 2 N–H and O–H groups in total. The molecule has 0 saturated heterocycles. The number of pyridine rings is 1. The van der Waals surface area contributed by atoms with Gasteiger partial charge in [0.25, 0.3) is 0 Å². The highest BCUT2D eigenvalue weighted by Crippen LogP contribution is 2.19. The molecule has 6 heteroatoms. The summed E-state index contributed by atoms with van der Waals surface area (Å²) in [4.78, 5) is 29.2. The summed E-state index contributed by atoms with van der Waals surface area (Å²) in [6.07, 6.45) is 0. The van der Waals surface area contributed by atoms with Crippen molar-refractivity contribution in [2.24, 2.45) is 0 Å². The lowest BCUT2D eigenvalue weighted by atomic mass is 10.1. The topological polar surface area (TPSA) is 65.2 Å². The monoisotopic (exact) mass is 369 g/mol. The number of carbonyl (C=O) groups is 1. The Morgan fingerprint density at radius 1 is 1.15 bits per heavy atom. The van der Waals surface area contributed by atoms with Crippen molar-refractivity contribution in [2.75, 3.05) is 5.32 Å². The normalized spacial score (nSPS) is 10.9. The third kappa shape index (κ3) is 4.06. The van der Waals surface area contributed by atoms with Gasteiger partial charge in [0.2, 0.25) is 5.56 Å². The molecule has 1 heterocycles. The van der Waals surface area contributed by atoms with Crippen LogP contribution in [0.15, 0.2) is 59.4 Å². The summed E-state index contributed by atoms with van der Waals surface area (Å²) in [5, 5.41) is 4.41. The van der Waals surface area contributed by atoms with E-state index in [1.54, 1.807) is 35.2 Å². The predicted molar refractivity (Wildman–Crippen MR) is 106 cm³/mol. The molecule has 26 heavy (non-hydrogen) atoms. The number of nitrogens with zero attached hydrogens (tertiary/aromatic N) is 1. The van der Waals surface area contributed by atoms with E-state index in [0.29, 0.717) is 17.3 Å². The number of H-pyrrole nitrogens is 1. The maximum atomic E-state index is 12.8. The van der Waals surface area contributed by atoms with Crippen LogP contribution in [0.1, 0.15) is 19.4 Å². The van der Waals surface area contributed by atoms with E-state index in [4.69, 9.17) is 11.6 Å². The maximum absolute atomic E-state index is 12.8. The number of para-hydroxylation sites is 1. The minimum absolute atomic E-state index is 0.0413. The molecule has 0 aliphatic rings. The van der Waals surface area contributed by atoms with E-state index in [1.165, 1.54) is 0 Å². The van der Waals surface area contributed by atoms with E-state index >= 15 is 0 Å². The molecule has 3 rings (SSSR count). The van der Waals surface area contributed by atoms with Gasteiger partial charge in [0.05, 0.1) is 0 Å². The number of amides is 2. The molecule has 0 radical (unpaired) electrons. The van der Waals surface area contributed by atoms with Crippen molar-refractivity contribution in [1.29, 1.82) is 0 Å². The summed E-state index contributed by atoms with van der Waals surface area (Å²) < 4.78 is 0. The molecule has 134 valence electrons. The molecule has 0 bridgehead atoms. The van der Waals surface area contributed by atoms with E-state index in [0.717, 1.165) is 16.5 Å². The summed E-state index contributed by atoms with van der Waals surface area (Å²) in [5.74, 6) is 0. The lowest BCUT2D eigenvalue weighted by Gasteiger charge is -2.27.